The number of hydrogen-bond acceptors (Lipinski definition) is 14. The summed E-state index contributed by atoms with van der Waals surface area (Å²) in [6, 6.07) is 10.3. The Morgan fingerprint density at radius 1 is 1.02 bits per heavy atom. The summed E-state index contributed by atoms with van der Waals surface area (Å²) in [5, 5.41) is 35.3. The van der Waals surface area contributed by atoms with Crippen LogP contribution in [-0.4, -0.2) is 95.4 Å². The Hall–Kier alpha value is -4.44. The molecule has 5 aromatic rings. The summed E-state index contributed by atoms with van der Waals surface area (Å²) in [5.41, 5.74) is 8.10. The number of aromatic hydroxyl groups is 1. The molecule has 6 N–H and O–H groups in total. The van der Waals surface area contributed by atoms with Gasteiger partial charge < -0.3 is 40.6 Å². The van der Waals surface area contributed by atoms with E-state index >= 15 is 0 Å². The van der Waals surface area contributed by atoms with E-state index in [0.29, 0.717) is 57.9 Å². The first kappa shape index (κ1) is 28.7. The molecular weight excluding hydrogens is 576 g/mol. The molecule has 1 fully saturated rings. The van der Waals surface area contributed by atoms with E-state index in [2.05, 4.69) is 20.3 Å². The molecule has 0 aliphatic carbocycles. The van der Waals surface area contributed by atoms with Gasteiger partial charge in [-0.2, -0.15) is 11.8 Å². The fourth-order valence-corrected chi connectivity index (χ4v) is 5.85. The Bertz CT molecular complexity index is 1750. The molecule has 4 atom stereocenters. The molecule has 0 amide bonds. The Labute approximate surface area is 249 Å². The Balaban J connectivity index is 1.14. The quantitative estimate of drug-likeness (QED) is 0.145. The number of hydrogen-bond donors (Lipinski definition) is 5. The van der Waals surface area contributed by atoms with Crippen LogP contribution >= 0.6 is 11.8 Å². The number of aromatic nitrogens is 6. The third kappa shape index (κ3) is 5.54. The lowest BCUT2D eigenvalue weighted by Crippen LogP contribution is -2.32. The maximum atomic E-state index is 10.7. The topological polar surface area (TPSA) is 196 Å². The number of nitrogens with two attached hydrogens (primary N) is 1. The lowest BCUT2D eigenvalue weighted by Gasteiger charge is -2.16. The largest absolute Gasteiger partial charge is 0.508 e. The number of aliphatic hydroxyl groups excluding tert-OH is 2. The second kappa shape index (κ2) is 12.0. The van der Waals surface area contributed by atoms with Crippen molar-refractivity contribution in [1.82, 2.24) is 29.5 Å². The number of nitrogens with zero attached hydrogens (tertiary/aromatic N) is 6. The van der Waals surface area contributed by atoms with Gasteiger partial charge in [-0.15, -0.1) is 0 Å². The Kier molecular flexibility index (Phi) is 8.03. The smallest absolute Gasteiger partial charge is 0.167 e. The van der Waals surface area contributed by atoms with Gasteiger partial charge in [0.1, 0.15) is 35.6 Å². The Morgan fingerprint density at radius 2 is 1.79 bits per heavy atom. The fourth-order valence-electron chi connectivity index (χ4n) is 4.92. The molecule has 1 aliphatic rings. The van der Waals surface area contributed by atoms with Crippen molar-refractivity contribution < 1.29 is 29.5 Å². The number of ether oxygens (including phenoxy) is 3. The average molecular weight is 607 g/mol. The summed E-state index contributed by atoms with van der Waals surface area (Å²) in [6.45, 7) is 0.539. The number of rotatable bonds is 10. The molecule has 3 aromatic heterocycles. The molecule has 14 nitrogen and oxygen atoms in total. The SMILES string of the molecule is COc1cc2nc(-c3ccc(O)cc3)nc(NCCSC[C@H]3O[C@@H](n4cnc5c(N)ncnc54)[C@H](O)[C@@H]3O)c2cc1OC. The molecule has 6 rings (SSSR count). The van der Waals surface area contributed by atoms with E-state index < -0.39 is 24.5 Å². The molecule has 0 unspecified atom stereocenters. The monoisotopic (exact) mass is 606 g/mol. The molecule has 224 valence electrons. The van der Waals surface area contributed by atoms with Crippen LogP contribution in [0.4, 0.5) is 11.6 Å². The van der Waals surface area contributed by atoms with Gasteiger partial charge in [0.05, 0.1) is 32.2 Å². The van der Waals surface area contributed by atoms with E-state index in [1.165, 1.54) is 12.7 Å². The molecule has 1 aliphatic heterocycles. The van der Waals surface area contributed by atoms with Gasteiger partial charge in [-0.25, -0.2) is 24.9 Å². The highest BCUT2D eigenvalue weighted by atomic mass is 32.2. The van der Waals surface area contributed by atoms with Crippen LogP contribution in [0.5, 0.6) is 17.2 Å². The molecule has 0 saturated carbocycles. The van der Waals surface area contributed by atoms with E-state index in [-0.39, 0.29) is 11.6 Å². The molecule has 2 aromatic carbocycles. The van der Waals surface area contributed by atoms with E-state index in [9.17, 15) is 15.3 Å². The first-order chi connectivity index (χ1) is 20.9. The first-order valence-electron chi connectivity index (χ1n) is 13.4. The van der Waals surface area contributed by atoms with Gasteiger partial charge >= 0.3 is 0 Å². The van der Waals surface area contributed by atoms with Crippen molar-refractivity contribution in [2.24, 2.45) is 0 Å². The zero-order chi connectivity index (χ0) is 30.1. The van der Waals surface area contributed by atoms with Crippen LogP contribution in [0.15, 0.2) is 49.1 Å². The zero-order valence-corrected chi connectivity index (χ0v) is 24.1. The number of imidazole rings is 1. The van der Waals surface area contributed by atoms with Gasteiger partial charge in [0.25, 0.3) is 0 Å². The second-order valence-corrected chi connectivity index (χ2v) is 10.9. The number of fused-ring (bicyclic) bond motifs is 2. The average Bonchev–Trinajstić information content (AvgIpc) is 3.57. The first-order valence-corrected chi connectivity index (χ1v) is 14.5. The van der Waals surface area contributed by atoms with E-state index in [0.717, 1.165) is 10.9 Å². The van der Waals surface area contributed by atoms with Crippen LogP contribution in [0, 0.1) is 0 Å². The number of aliphatic hydroxyl groups is 2. The van der Waals surface area contributed by atoms with Gasteiger partial charge in [-0.05, 0) is 30.3 Å². The van der Waals surface area contributed by atoms with Crippen molar-refractivity contribution in [3.63, 3.8) is 0 Å². The van der Waals surface area contributed by atoms with Gasteiger partial charge in [0.2, 0.25) is 0 Å². The van der Waals surface area contributed by atoms with Crippen molar-refractivity contribution in [2.75, 3.05) is 43.3 Å². The number of nitrogens with one attached hydrogen (secondary N) is 1. The summed E-state index contributed by atoms with van der Waals surface area (Å²) >= 11 is 1.56. The van der Waals surface area contributed by atoms with Crippen LogP contribution in [0.3, 0.4) is 0 Å². The summed E-state index contributed by atoms with van der Waals surface area (Å²) in [4.78, 5) is 21.8. The molecule has 4 heterocycles. The standard InChI is InChI=1S/C28H30N8O6S/c1-40-18-9-16-17(10-19(18)41-2)34-25(14-3-5-15(37)6-4-14)35-26(16)30-7-8-43-11-20-22(38)23(39)28(42-20)36-13-33-21-24(29)31-12-32-27(21)36/h3-6,9-10,12-13,20,22-23,28,37-39H,7-8,11H2,1-2H3,(H2,29,31,32)(H,30,34,35)/t20-,22-,23-,28-/m1/s1. The molecular formula is C28H30N8O6S. The van der Waals surface area contributed by atoms with Crippen molar-refractivity contribution >= 4 is 45.5 Å². The van der Waals surface area contributed by atoms with E-state index in [1.54, 1.807) is 60.9 Å². The molecule has 1 saturated heterocycles. The third-order valence-corrected chi connectivity index (χ3v) is 8.20. The van der Waals surface area contributed by atoms with E-state index in [1.807, 2.05) is 6.07 Å². The van der Waals surface area contributed by atoms with Crippen molar-refractivity contribution in [3.8, 4) is 28.6 Å². The van der Waals surface area contributed by atoms with Crippen LogP contribution in [0.2, 0.25) is 0 Å². The van der Waals surface area contributed by atoms with Crippen LogP contribution < -0.4 is 20.5 Å². The lowest BCUT2D eigenvalue weighted by atomic mass is 10.1. The number of methoxy groups -OCH3 is 2. The van der Waals surface area contributed by atoms with E-state index in [4.69, 9.17) is 29.9 Å². The van der Waals surface area contributed by atoms with Gasteiger partial charge in [0.15, 0.2) is 35.0 Å². The number of benzene rings is 2. The summed E-state index contributed by atoms with van der Waals surface area (Å²) < 4.78 is 18.6. The Morgan fingerprint density at radius 3 is 2.56 bits per heavy atom. The number of phenolic OH excluding ortho intramolecular Hbond substituents is 1. The van der Waals surface area contributed by atoms with Crippen LogP contribution in [-0.2, 0) is 4.74 Å². The van der Waals surface area contributed by atoms with Crippen LogP contribution in [0.1, 0.15) is 6.23 Å². The van der Waals surface area contributed by atoms with Gasteiger partial charge in [-0.1, -0.05) is 0 Å². The van der Waals surface area contributed by atoms with Crippen molar-refractivity contribution in [2.45, 2.75) is 24.5 Å². The summed E-state index contributed by atoms with van der Waals surface area (Å²) in [6.07, 6.45) is -0.957. The number of thioether (sulfide) groups is 1. The third-order valence-electron chi connectivity index (χ3n) is 7.15. The minimum atomic E-state index is -1.17. The zero-order valence-electron chi connectivity index (χ0n) is 23.3. The second-order valence-electron chi connectivity index (χ2n) is 9.80. The minimum absolute atomic E-state index is 0.151. The molecule has 0 radical (unpaired) electrons. The summed E-state index contributed by atoms with van der Waals surface area (Å²) in [7, 11) is 3.13. The molecule has 0 bridgehead atoms. The maximum absolute atomic E-state index is 10.7. The summed E-state index contributed by atoms with van der Waals surface area (Å²) in [5.74, 6) is 3.65. The number of phenols is 1. The van der Waals surface area contributed by atoms with Crippen molar-refractivity contribution in [1.29, 1.82) is 0 Å². The van der Waals surface area contributed by atoms with Crippen molar-refractivity contribution in [3.05, 3.63) is 49.1 Å². The highest BCUT2D eigenvalue weighted by Crippen LogP contribution is 2.36. The predicted octanol–water partition coefficient (Wildman–Crippen LogP) is 2.21. The van der Waals surface area contributed by atoms with Gasteiger partial charge in [0, 0.05) is 35.1 Å². The molecule has 0 spiro atoms. The lowest BCUT2D eigenvalue weighted by molar-refractivity contribution is -0.0288. The van der Waals surface area contributed by atoms with Gasteiger partial charge in [-0.3, -0.25) is 4.57 Å². The minimum Gasteiger partial charge on any atom is -0.508 e. The number of nitrogen functional groups attached to an aromatic ring is 1. The highest BCUT2D eigenvalue weighted by Gasteiger charge is 2.44. The highest BCUT2D eigenvalue weighted by molar-refractivity contribution is 7.99. The predicted molar refractivity (Wildman–Crippen MR) is 161 cm³/mol. The molecule has 15 heteroatoms. The normalized spacial score (nSPS) is 20.1. The fraction of sp³-hybridized carbons (Fsp3) is 0.321. The number of anilines is 2. The molecule has 43 heavy (non-hydrogen) atoms. The van der Waals surface area contributed by atoms with Crippen LogP contribution in [0.25, 0.3) is 33.5 Å². The maximum Gasteiger partial charge on any atom is 0.167 e.